The Labute approximate surface area is 495 Å². The van der Waals surface area contributed by atoms with Crippen LogP contribution in [0, 0.1) is 16.7 Å². The van der Waals surface area contributed by atoms with Crippen LogP contribution in [0.15, 0.2) is 165 Å². The average Bonchev–Trinajstić information content (AvgIpc) is 4.35. The monoisotopic (exact) mass is 1180 g/mol. The Balaban J connectivity index is 0.000000257. The van der Waals surface area contributed by atoms with E-state index in [1.54, 1.807) is 60.9 Å². The number of aromatic nitrogens is 2. The number of nitrogens with zero attached hydrogens (tertiary/aromatic N) is 3. The summed E-state index contributed by atoms with van der Waals surface area (Å²) in [6.07, 6.45) is 6.08. The molecule has 3 aliphatic rings. The predicted octanol–water partition coefficient (Wildman–Crippen LogP) is 6.31. The van der Waals surface area contributed by atoms with Crippen molar-refractivity contribution in [3.8, 4) is 27.2 Å². The molecule has 0 radical (unpaired) electrons. The standard InChI is InChI=1S/C25H19N5O4S2.C25H16N4O4S2.C4H8O.CH4S.ClH.Li.H/c26-22(27)14-5-7-15(8-6-14)25-29-13-17(35-25)12-28-23(31)16-9-10-21-19(11-16)30-24(32)18-3-1-2-4-20(18)36(21,33)34;26-12-15-5-7-16(8-6-15)25-28-14-18(34-25)13-27-23(30)17-9-10-22-20(11-17)29-24(31)19-3-1-2-4-21(19)35(22,32)33;1-2-4-5-3-1;1-2;;;/h1-11,13H,12H2,(H3,26,27)(H,28,31)(H,30,32);1-11,14H,13H2,(H,27,30)(H,29,31);1-4H2;2H,1H3;1H;;/q;;;;;+1;-1/i;;;1D;;;. The van der Waals surface area contributed by atoms with Gasteiger partial charge in [0.1, 0.15) is 15.9 Å². The molecule has 5 heterocycles. The molecule has 1 saturated heterocycles. The number of nitrogens with one attached hydrogen (secondary N) is 5. The van der Waals surface area contributed by atoms with Crippen LogP contribution in [-0.2, 0) is 37.5 Å². The van der Waals surface area contributed by atoms with E-state index in [1.165, 1.54) is 96.2 Å². The number of ether oxygens (including phenoxy) is 1. The van der Waals surface area contributed by atoms with E-state index in [4.69, 9.17) is 22.5 Å². The van der Waals surface area contributed by atoms with Crippen molar-refractivity contribution in [2.45, 2.75) is 45.5 Å². The number of nitrogens with two attached hydrogens (primary N) is 1. The van der Waals surface area contributed by atoms with Crippen molar-refractivity contribution in [3.63, 3.8) is 0 Å². The summed E-state index contributed by atoms with van der Waals surface area (Å²) < 4.78 is 63.4. The molecule has 0 aliphatic carbocycles. The van der Waals surface area contributed by atoms with Crippen LogP contribution in [0.2, 0.25) is 0 Å². The number of hydrogen-bond donors (Lipinski definition) is 7. The number of sulfone groups is 2. The smallest absolute Gasteiger partial charge is 1.00 e. The number of nitriles is 1. The molecular formula is C55H49ClLiN9O9S5. The molecule has 6 aromatic carbocycles. The van der Waals surface area contributed by atoms with Gasteiger partial charge < -0.3 is 33.2 Å². The molecule has 0 bridgehead atoms. The van der Waals surface area contributed by atoms with Crippen LogP contribution in [0.5, 0.6) is 0 Å². The zero-order valence-electron chi connectivity index (χ0n) is 44.4. The first-order valence-corrected chi connectivity index (χ1v) is 28.7. The molecule has 7 N–H and O–H groups in total. The molecule has 0 spiro atoms. The number of hydrogen-bond acceptors (Lipinski definition) is 16. The van der Waals surface area contributed by atoms with E-state index in [-0.39, 0.29) is 111 Å². The first kappa shape index (κ1) is 60.2. The Kier molecular flexibility index (Phi) is 20.8. The molecule has 80 heavy (non-hydrogen) atoms. The number of fused-ring (bicyclic) bond motifs is 4. The Morgan fingerprint density at radius 1 is 0.700 bits per heavy atom. The summed E-state index contributed by atoms with van der Waals surface area (Å²) in [6.45, 7) is 2.44. The van der Waals surface area contributed by atoms with Crippen molar-refractivity contribution >= 4 is 108 Å². The van der Waals surface area contributed by atoms with Crippen molar-refractivity contribution < 1.29 is 62.4 Å². The summed E-state index contributed by atoms with van der Waals surface area (Å²) in [4.78, 5) is 60.9. The van der Waals surface area contributed by atoms with Gasteiger partial charge in [0, 0.05) is 64.5 Å². The number of thiol groups is 1. The summed E-state index contributed by atoms with van der Waals surface area (Å²) >= 11 is 6.27. The van der Waals surface area contributed by atoms with Crippen LogP contribution < -0.4 is 45.9 Å². The van der Waals surface area contributed by atoms with Gasteiger partial charge in [0.25, 0.3) is 23.6 Å². The maximum Gasteiger partial charge on any atom is 1.00 e. The number of halogens is 1. The van der Waals surface area contributed by atoms with Crippen molar-refractivity contribution in [1.82, 2.24) is 20.6 Å². The molecule has 2 aromatic heterocycles. The number of anilines is 2. The number of amides is 4. The van der Waals surface area contributed by atoms with Crippen molar-refractivity contribution in [3.05, 3.63) is 189 Å². The van der Waals surface area contributed by atoms with Gasteiger partial charge in [-0.1, -0.05) is 60.7 Å². The molecule has 25 heteroatoms. The Morgan fingerprint density at radius 2 is 1.10 bits per heavy atom. The SMILES string of the molecule is C1CCOC1.Cl.N#Cc1ccc(-c2ncc(CNC(=O)c3ccc4c(c3)NC(=O)c3ccccc3S4(=O)=O)s2)cc1.N=C(N)c1ccc(-c2ncc(CNC(=O)c3ccc4c(c3)NC(=O)c3ccccc3S4(=O)=O)s2)cc1.[2H]CS.[H-].[Li+]. The second-order valence-electron chi connectivity index (χ2n) is 17.0. The molecule has 0 saturated carbocycles. The van der Waals surface area contributed by atoms with Gasteiger partial charge in [-0.15, -0.1) is 35.1 Å². The second kappa shape index (κ2) is 27.6. The van der Waals surface area contributed by atoms with Gasteiger partial charge in [-0.25, -0.2) is 26.8 Å². The summed E-state index contributed by atoms with van der Waals surface area (Å²) in [5.74, 6) is -1.97. The molecule has 18 nitrogen and oxygen atoms in total. The minimum Gasteiger partial charge on any atom is -1.00 e. The van der Waals surface area contributed by atoms with Crippen LogP contribution in [0.4, 0.5) is 11.4 Å². The molecule has 406 valence electrons. The molecule has 4 amide bonds. The van der Waals surface area contributed by atoms with E-state index in [9.17, 15) is 36.0 Å². The third kappa shape index (κ3) is 14.1. The summed E-state index contributed by atoms with van der Waals surface area (Å²) in [7, 11) is -7.88. The minimum absolute atomic E-state index is 0. The van der Waals surface area contributed by atoms with E-state index in [0.717, 1.165) is 44.1 Å². The Morgan fingerprint density at radius 3 is 1.49 bits per heavy atom. The zero-order valence-corrected chi connectivity index (χ0v) is 47.4. The number of thiazole rings is 2. The number of benzene rings is 6. The maximum absolute atomic E-state index is 13.1. The van der Waals surface area contributed by atoms with Crippen molar-refractivity contribution in [2.24, 2.45) is 5.73 Å². The molecule has 1 fully saturated rings. The van der Waals surface area contributed by atoms with Gasteiger partial charge in [0.2, 0.25) is 19.7 Å². The predicted molar refractivity (Wildman–Crippen MR) is 309 cm³/mol. The Bertz CT molecular complexity index is 3910. The third-order valence-corrected chi connectivity index (χ3v) is 17.7. The van der Waals surface area contributed by atoms with Crippen LogP contribution in [0.1, 0.15) is 78.0 Å². The average molecular weight is 1180 g/mol. The quantitative estimate of drug-likeness (QED) is 0.0361. The number of carbonyl (C=O) groups excluding carboxylic acids is 4. The minimum atomic E-state index is -3.94. The van der Waals surface area contributed by atoms with Gasteiger partial charge in [0.05, 0.1) is 66.8 Å². The molecular weight excluding hydrogens is 1130 g/mol. The largest absolute Gasteiger partial charge is 1.00 e. The molecule has 11 rings (SSSR count). The van der Waals surface area contributed by atoms with E-state index in [2.05, 4.69) is 49.9 Å². The van der Waals surface area contributed by atoms with Crippen molar-refractivity contribution in [1.29, 1.82) is 10.7 Å². The van der Waals surface area contributed by atoms with Gasteiger partial charge >= 0.3 is 18.9 Å². The number of amidine groups is 1. The van der Waals surface area contributed by atoms with E-state index in [0.29, 0.717) is 11.1 Å². The van der Waals surface area contributed by atoms with E-state index < -0.39 is 43.3 Å². The van der Waals surface area contributed by atoms with E-state index in [1.807, 2.05) is 24.3 Å². The second-order valence-corrected chi connectivity index (χ2v) is 23.0. The van der Waals surface area contributed by atoms with Gasteiger partial charge in [-0.2, -0.15) is 17.9 Å². The molecule has 0 unspecified atom stereocenters. The normalized spacial score (nSPS) is 13.8. The van der Waals surface area contributed by atoms with Gasteiger partial charge in [-0.3, -0.25) is 24.6 Å². The Hall–Kier alpha value is -7.48. The first-order chi connectivity index (χ1) is 38.0. The third-order valence-electron chi connectivity index (χ3n) is 11.9. The van der Waals surface area contributed by atoms with Crippen LogP contribution >= 0.6 is 47.7 Å². The maximum atomic E-state index is 13.1. The molecule has 0 atom stereocenters. The fourth-order valence-electron chi connectivity index (χ4n) is 7.97. The van der Waals surface area contributed by atoms with Crippen LogP contribution in [0.3, 0.4) is 0 Å². The van der Waals surface area contributed by atoms with Gasteiger partial charge in [-0.05, 0) is 91.9 Å². The van der Waals surface area contributed by atoms with E-state index >= 15 is 0 Å². The fraction of sp³-hybridized carbons (Fsp3) is 0.127. The van der Waals surface area contributed by atoms with Gasteiger partial charge in [0.15, 0.2) is 0 Å². The van der Waals surface area contributed by atoms with Crippen LogP contribution in [-0.4, -0.2) is 75.7 Å². The summed E-state index contributed by atoms with van der Waals surface area (Å²) in [6, 6.07) is 36.5. The zero-order chi connectivity index (χ0) is 56.3. The number of nitrogen functional groups attached to an aromatic ring is 1. The first-order valence-electron chi connectivity index (χ1n) is 24.2. The summed E-state index contributed by atoms with van der Waals surface area (Å²) in [5, 5.41) is 28.7. The topological polar surface area (TPSA) is 293 Å². The molecule has 8 aromatic rings. The number of rotatable bonds is 9. The summed E-state index contributed by atoms with van der Waals surface area (Å²) in [5.41, 5.74) is 9.04. The molecule has 3 aliphatic heterocycles. The van der Waals surface area contributed by atoms with Crippen molar-refractivity contribution in [2.75, 3.05) is 30.1 Å². The fourth-order valence-corrected chi connectivity index (χ4v) is 12.9. The van der Waals surface area contributed by atoms with Crippen LogP contribution in [0.25, 0.3) is 21.1 Å². The number of carbonyl (C=O) groups is 4.